The van der Waals surface area contributed by atoms with Gasteiger partial charge in [-0.25, -0.2) is 0 Å². The summed E-state index contributed by atoms with van der Waals surface area (Å²) >= 11 is 1.80. The normalized spacial score (nSPS) is 11.6. The lowest BCUT2D eigenvalue weighted by Crippen LogP contribution is -2.40. The summed E-state index contributed by atoms with van der Waals surface area (Å²) in [6.45, 7) is 11.3. The second-order valence-corrected chi connectivity index (χ2v) is 6.70. The maximum absolute atomic E-state index is 11.5. The first-order valence-corrected chi connectivity index (χ1v) is 8.51. The van der Waals surface area contributed by atoms with E-state index >= 15 is 0 Å². The van der Waals surface area contributed by atoms with Crippen molar-refractivity contribution in [2.45, 2.75) is 45.3 Å². The Morgan fingerprint density at radius 3 is 2.33 bits per heavy atom. The standard InChI is InChI=1S/C14H30N4OS.HI/c1-6-9-16-12(19)8-10-17-13(15-7-2)18-11-14(3,4)20-5;/h6-11H2,1-5H3,(H,16,19)(H2,15,17,18);1H. The van der Waals surface area contributed by atoms with Gasteiger partial charge in [-0.3, -0.25) is 9.79 Å². The van der Waals surface area contributed by atoms with Gasteiger partial charge in [0.05, 0.1) is 6.54 Å². The van der Waals surface area contributed by atoms with Crippen molar-refractivity contribution >= 4 is 47.6 Å². The van der Waals surface area contributed by atoms with Crippen LogP contribution < -0.4 is 16.0 Å². The highest BCUT2D eigenvalue weighted by molar-refractivity contribution is 14.0. The Bertz CT molecular complexity index is 311. The van der Waals surface area contributed by atoms with Gasteiger partial charge in [0.25, 0.3) is 0 Å². The smallest absolute Gasteiger partial charge is 0.221 e. The number of rotatable bonds is 9. The Labute approximate surface area is 150 Å². The van der Waals surface area contributed by atoms with Crippen molar-refractivity contribution in [1.82, 2.24) is 16.0 Å². The van der Waals surface area contributed by atoms with Gasteiger partial charge in [-0.15, -0.1) is 24.0 Å². The Balaban J connectivity index is 0. The van der Waals surface area contributed by atoms with Gasteiger partial charge >= 0.3 is 0 Å². The first-order chi connectivity index (χ1) is 9.45. The molecule has 0 heterocycles. The minimum atomic E-state index is 0. The van der Waals surface area contributed by atoms with Gasteiger partial charge in [-0.2, -0.15) is 11.8 Å². The summed E-state index contributed by atoms with van der Waals surface area (Å²) in [5.41, 5.74) is 0. The summed E-state index contributed by atoms with van der Waals surface area (Å²) < 4.78 is 0.126. The van der Waals surface area contributed by atoms with Crippen molar-refractivity contribution in [2.75, 3.05) is 32.4 Å². The van der Waals surface area contributed by atoms with Crippen molar-refractivity contribution in [3.8, 4) is 0 Å². The van der Waals surface area contributed by atoms with Crippen molar-refractivity contribution in [2.24, 2.45) is 4.99 Å². The third-order valence-corrected chi connectivity index (χ3v) is 3.97. The second kappa shape index (κ2) is 13.5. The van der Waals surface area contributed by atoms with E-state index in [0.717, 1.165) is 32.0 Å². The molecule has 0 aromatic heterocycles. The number of aliphatic imine (C=N–C) groups is 1. The molecule has 0 spiro atoms. The molecule has 0 fully saturated rings. The van der Waals surface area contributed by atoms with Crippen LogP contribution in [0.5, 0.6) is 0 Å². The van der Waals surface area contributed by atoms with E-state index < -0.39 is 0 Å². The minimum Gasteiger partial charge on any atom is -0.357 e. The average Bonchev–Trinajstić information content (AvgIpc) is 2.42. The summed E-state index contributed by atoms with van der Waals surface area (Å²) in [4.78, 5) is 16.0. The fourth-order valence-corrected chi connectivity index (χ4v) is 1.52. The molecular weight excluding hydrogens is 399 g/mol. The number of halogens is 1. The van der Waals surface area contributed by atoms with Crippen LogP contribution in [-0.2, 0) is 4.79 Å². The van der Waals surface area contributed by atoms with Crippen LogP contribution in [0.3, 0.4) is 0 Å². The molecule has 126 valence electrons. The number of hydrogen-bond donors (Lipinski definition) is 3. The number of nitrogens with zero attached hydrogens (tertiary/aromatic N) is 1. The predicted octanol–water partition coefficient (Wildman–Crippen LogP) is 2.22. The number of guanidine groups is 1. The molecule has 7 heteroatoms. The lowest BCUT2D eigenvalue weighted by Gasteiger charge is -2.20. The summed E-state index contributed by atoms with van der Waals surface area (Å²) in [5, 5.41) is 9.25. The van der Waals surface area contributed by atoms with Crippen LogP contribution in [0, 0.1) is 0 Å². The van der Waals surface area contributed by atoms with Crippen LogP contribution in [0.15, 0.2) is 4.99 Å². The summed E-state index contributed by atoms with van der Waals surface area (Å²) in [6, 6.07) is 0. The molecule has 3 N–H and O–H groups in total. The zero-order valence-corrected chi connectivity index (χ0v) is 17.1. The molecule has 0 saturated carbocycles. The Morgan fingerprint density at radius 2 is 1.81 bits per heavy atom. The summed E-state index contributed by atoms with van der Waals surface area (Å²) in [5.74, 6) is 0.859. The van der Waals surface area contributed by atoms with Gasteiger partial charge < -0.3 is 16.0 Å². The lowest BCUT2D eigenvalue weighted by atomic mass is 10.2. The Kier molecular flexibility index (Phi) is 14.8. The van der Waals surface area contributed by atoms with Gasteiger partial charge in [0.15, 0.2) is 5.96 Å². The third kappa shape index (κ3) is 13.2. The quantitative estimate of drug-likeness (QED) is 0.298. The molecule has 0 atom stereocenters. The molecule has 0 saturated heterocycles. The molecule has 0 aliphatic heterocycles. The highest BCUT2D eigenvalue weighted by Crippen LogP contribution is 2.20. The third-order valence-electron chi connectivity index (χ3n) is 2.73. The SMILES string of the molecule is CCCNC(=O)CCNC(=NCC(C)(C)SC)NCC.I. The number of carbonyl (C=O) groups is 1. The average molecular weight is 430 g/mol. The molecule has 0 aromatic carbocycles. The predicted molar refractivity (Wildman–Crippen MR) is 105 cm³/mol. The molecule has 0 aliphatic rings. The molecular formula is C14H31IN4OS. The second-order valence-electron chi connectivity index (χ2n) is 5.19. The van der Waals surface area contributed by atoms with Crippen molar-refractivity contribution < 1.29 is 4.79 Å². The molecule has 21 heavy (non-hydrogen) atoms. The van der Waals surface area contributed by atoms with Crippen molar-refractivity contribution in [3.63, 3.8) is 0 Å². The Hall–Kier alpha value is -0.180. The van der Waals surface area contributed by atoms with Gasteiger partial charge in [0.2, 0.25) is 5.91 Å². The van der Waals surface area contributed by atoms with Crippen LogP contribution in [0.4, 0.5) is 0 Å². The topological polar surface area (TPSA) is 65.5 Å². The van der Waals surface area contributed by atoms with Gasteiger partial charge in [-0.05, 0) is 33.4 Å². The zero-order valence-electron chi connectivity index (χ0n) is 13.9. The van der Waals surface area contributed by atoms with Gasteiger partial charge in [0, 0.05) is 30.8 Å². The number of nitrogens with one attached hydrogen (secondary N) is 3. The molecule has 0 bridgehead atoms. The van der Waals surface area contributed by atoms with E-state index in [2.05, 4.69) is 41.0 Å². The maximum Gasteiger partial charge on any atom is 0.221 e. The zero-order chi connectivity index (χ0) is 15.4. The van der Waals surface area contributed by atoms with E-state index in [4.69, 9.17) is 0 Å². The molecule has 0 radical (unpaired) electrons. The van der Waals surface area contributed by atoms with Crippen molar-refractivity contribution in [1.29, 1.82) is 0 Å². The van der Waals surface area contributed by atoms with Crippen LogP contribution in [-0.4, -0.2) is 49.0 Å². The summed E-state index contributed by atoms with van der Waals surface area (Å²) in [6.07, 6.45) is 3.53. The lowest BCUT2D eigenvalue weighted by molar-refractivity contribution is -0.120. The molecule has 5 nitrogen and oxygen atoms in total. The number of amides is 1. The van der Waals surface area contributed by atoms with Crippen LogP contribution >= 0.6 is 35.7 Å². The number of carbonyl (C=O) groups excluding carboxylic acids is 1. The molecule has 0 unspecified atom stereocenters. The highest BCUT2D eigenvalue weighted by atomic mass is 127. The van der Waals surface area contributed by atoms with E-state index in [-0.39, 0.29) is 34.6 Å². The van der Waals surface area contributed by atoms with Crippen LogP contribution in [0.1, 0.15) is 40.5 Å². The minimum absolute atomic E-state index is 0. The number of hydrogen-bond acceptors (Lipinski definition) is 3. The largest absolute Gasteiger partial charge is 0.357 e. The van der Waals surface area contributed by atoms with Crippen LogP contribution in [0.25, 0.3) is 0 Å². The van der Waals surface area contributed by atoms with Crippen molar-refractivity contribution in [3.05, 3.63) is 0 Å². The molecule has 0 aliphatic carbocycles. The highest BCUT2D eigenvalue weighted by Gasteiger charge is 2.15. The molecule has 1 amide bonds. The van der Waals surface area contributed by atoms with E-state index in [1.165, 1.54) is 0 Å². The summed E-state index contributed by atoms with van der Waals surface area (Å²) in [7, 11) is 0. The first kappa shape index (κ1) is 23.1. The van der Waals surface area contributed by atoms with E-state index in [0.29, 0.717) is 13.0 Å². The van der Waals surface area contributed by atoms with E-state index in [1.807, 2.05) is 13.8 Å². The fourth-order valence-electron chi connectivity index (χ4n) is 1.32. The number of thioether (sulfide) groups is 1. The van der Waals surface area contributed by atoms with Gasteiger partial charge in [0.1, 0.15) is 0 Å². The molecule has 0 aromatic rings. The van der Waals surface area contributed by atoms with E-state index in [1.54, 1.807) is 11.8 Å². The van der Waals surface area contributed by atoms with Gasteiger partial charge in [-0.1, -0.05) is 6.92 Å². The van der Waals surface area contributed by atoms with E-state index in [9.17, 15) is 4.79 Å². The fraction of sp³-hybridized carbons (Fsp3) is 0.857. The monoisotopic (exact) mass is 430 g/mol. The molecule has 0 rings (SSSR count). The van der Waals surface area contributed by atoms with Crippen LogP contribution in [0.2, 0.25) is 0 Å². The Morgan fingerprint density at radius 1 is 1.14 bits per heavy atom. The maximum atomic E-state index is 11.5. The first-order valence-electron chi connectivity index (χ1n) is 7.29.